The van der Waals surface area contributed by atoms with Gasteiger partial charge in [-0.15, -0.1) is 12.4 Å². The minimum atomic E-state index is -0.401. The van der Waals surface area contributed by atoms with Gasteiger partial charge in [0.1, 0.15) is 6.67 Å². The van der Waals surface area contributed by atoms with E-state index in [4.69, 9.17) is 0 Å². The van der Waals surface area contributed by atoms with Crippen molar-refractivity contribution in [3.8, 4) is 0 Å². The largest absolute Gasteiger partial charge is 0.377 e. The van der Waals surface area contributed by atoms with Crippen molar-refractivity contribution in [2.75, 3.05) is 12.0 Å². The number of aryl methyl sites for hydroxylation is 3. The summed E-state index contributed by atoms with van der Waals surface area (Å²) in [5.74, 6) is 0. The summed E-state index contributed by atoms with van der Waals surface area (Å²) in [6.07, 6.45) is 5.33. The molecule has 0 bridgehead atoms. The zero-order chi connectivity index (χ0) is 12.3. The SMILES string of the molecule is Cc1cnn(C)c1CNc1cnn(CCF)c1.Cl. The maximum absolute atomic E-state index is 12.1. The van der Waals surface area contributed by atoms with Crippen LogP contribution in [-0.2, 0) is 20.1 Å². The van der Waals surface area contributed by atoms with E-state index >= 15 is 0 Å². The molecule has 100 valence electrons. The maximum Gasteiger partial charge on any atom is 0.109 e. The molecule has 2 heterocycles. The molecule has 0 spiro atoms. The normalized spacial score (nSPS) is 10.2. The number of rotatable bonds is 5. The van der Waals surface area contributed by atoms with Crippen LogP contribution in [0.5, 0.6) is 0 Å². The van der Waals surface area contributed by atoms with E-state index < -0.39 is 6.67 Å². The molecule has 0 atom stereocenters. The second-order valence-electron chi connectivity index (χ2n) is 3.93. The predicted molar refractivity (Wildman–Crippen MR) is 70.7 cm³/mol. The molecule has 0 aliphatic rings. The van der Waals surface area contributed by atoms with Crippen LogP contribution in [0.25, 0.3) is 0 Å². The van der Waals surface area contributed by atoms with Crippen molar-refractivity contribution in [3.05, 3.63) is 29.8 Å². The number of alkyl halides is 1. The number of nitrogens with zero attached hydrogens (tertiary/aromatic N) is 4. The molecule has 18 heavy (non-hydrogen) atoms. The van der Waals surface area contributed by atoms with Gasteiger partial charge in [-0.2, -0.15) is 10.2 Å². The third kappa shape index (κ3) is 3.22. The number of nitrogens with one attached hydrogen (secondary N) is 1. The van der Waals surface area contributed by atoms with Gasteiger partial charge >= 0.3 is 0 Å². The highest BCUT2D eigenvalue weighted by Gasteiger charge is 2.04. The Morgan fingerprint density at radius 3 is 2.72 bits per heavy atom. The topological polar surface area (TPSA) is 47.7 Å². The molecular weight excluding hydrogens is 257 g/mol. The van der Waals surface area contributed by atoms with E-state index in [1.807, 2.05) is 24.9 Å². The van der Waals surface area contributed by atoms with Crippen molar-refractivity contribution in [2.24, 2.45) is 7.05 Å². The lowest BCUT2D eigenvalue weighted by Gasteiger charge is -2.05. The lowest BCUT2D eigenvalue weighted by atomic mass is 10.3. The van der Waals surface area contributed by atoms with Crippen LogP contribution < -0.4 is 5.32 Å². The van der Waals surface area contributed by atoms with Gasteiger partial charge in [-0.1, -0.05) is 0 Å². The zero-order valence-electron chi connectivity index (χ0n) is 10.4. The molecule has 0 aromatic carbocycles. The van der Waals surface area contributed by atoms with E-state index in [0.717, 1.165) is 16.9 Å². The molecule has 0 radical (unpaired) electrons. The number of hydrogen-bond donors (Lipinski definition) is 1. The lowest BCUT2D eigenvalue weighted by molar-refractivity contribution is 0.427. The smallest absolute Gasteiger partial charge is 0.109 e. The molecule has 0 saturated heterocycles. The second kappa shape index (κ2) is 6.39. The average Bonchev–Trinajstić information content (AvgIpc) is 2.86. The van der Waals surface area contributed by atoms with Gasteiger partial charge in [0.2, 0.25) is 0 Å². The van der Waals surface area contributed by atoms with Gasteiger partial charge in [-0.3, -0.25) is 9.36 Å². The number of anilines is 1. The highest BCUT2D eigenvalue weighted by molar-refractivity contribution is 5.85. The first-order valence-corrected chi connectivity index (χ1v) is 5.50. The standard InChI is InChI=1S/C11H16FN5.ClH/c1-9-5-14-16(2)11(9)7-13-10-6-15-17(8-10)4-3-12;/h5-6,8,13H,3-4,7H2,1-2H3;1H. The molecule has 5 nitrogen and oxygen atoms in total. The molecule has 0 amide bonds. The van der Waals surface area contributed by atoms with Gasteiger partial charge in [-0.25, -0.2) is 4.39 Å². The summed E-state index contributed by atoms with van der Waals surface area (Å²) in [7, 11) is 1.91. The molecular formula is C11H17ClFN5. The Morgan fingerprint density at radius 2 is 2.11 bits per heavy atom. The molecule has 0 saturated carbocycles. The van der Waals surface area contributed by atoms with Crippen LogP contribution in [0.4, 0.5) is 10.1 Å². The Kier molecular flexibility index (Phi) is 5.15. The molecule has 7 heteroatoms. The predicted octanol–water partition coefficient (Wildman–Crippen LogP) is 1.93. The first kappa shape index (κ1) is 14.5. The summed E-state index contributed by atoms with van der Waals surface area (Å²) < 4.78 is 15.5. The quantitative estimate of drug-likeness (QED) is 0.906. The fourth-order valence-electron chi connectivity index (χ4n) is 1.68. The van der Waals surface area contributed by atoms with Crippen LogP contribution in [0.1, 0.15) is 11.3 Å². The van der Waals surface area contributed by atoms with Crippen molar-refractivity contribution in [1.29, 1.82) is 0 Å². The van der Waals surface area contributed by atoms with E-state index in [1.165, 1.54) is 0 Å². The van der Waals surface area contributed by atoms with E-state index in [-0.39, 0.29) is 12.4 Å². The van der Waals surface area contributed by atoms with Crippen LogP contribution in [0.15, 0.2) is 18.6 Å². The highest BCUT2D eigenvalue weighted by atomic mass is 35.5. The van der Waals surface area contributed by atoms with Crippen molar-refractivity contribution in [1.82, 2.24) is 19.6 Å². The minimum absolute atomic E-state index is 0. The first-order valence-electron chi connectivity index (χ1n) is 5.50. The number of hydrogen-bond acceptors (Lipinski definition) is 3. The fraction of sp³-hybridized carbons (Fsp3) is 0.455. The highest BCUT2D eigenvalue weighted by Crippen LogP contribution is 2.10. The Hall–Kier alpha value is -1.56. The van der Waals surface area contributed by atoms with Crippen LogP contribution >= 0.6 is 12.4 Å². The lowest BCUT2D eigenvalue weighted by Crippen LogP contribution is -2.06. The summed E-state index contributed by atoms with van der Waals surface area (Å²) in [5, 5.41) is 11.5. The van der Waals surface area contributed by atoms with Crippen molar-refractivity contribution in [3.63, 3.8) is 0 Å². The van der Waals surface area contributed by atoms with Gasteiger partial charge in [-0.05, 0) is 12.5 Å². The third-order valence-corrected chi connectivity index (χ3v) is 2.68. The molecule has 2 aromatic rings. The maximum atomic E-state index is 12.1. The monoisotopic (exact) mass is 273 g/mol. The van der Waals surface area contributed by atoms with Gasteiger partial charge in [0.05, 0.1) is 36.9 Å². The van der Waals surface area contributed by atoms with Gasteiger partial charge in [0, 0.05) is 13.2 Å². The molecule has 2 aromatic heterocycles. The van der Waals surface area contributed by atoms with E-state index in [9.17, 15) is 4.39 Å². The summed E-state index contributed by atoms with van der Waals surface area (Å²) >= 11 is 0. The average molecular weight is 274 g/mol. The Balaban J connectivity index is 0.00000162. The Bertz CT molecular complexity index is 474. The summed E-state index contributed by atoms with van der Waals surface area (Å²) in [6.45, 7) is 2.61. The molecule has 0 aliphatic carbocycles. The van der Waals surface area contributed by atoms with Gasteiger partial charge in [0.25, 0.3) is 0 Å². The number of aromatic nitrogens is 4. The van der Waals surface area contributed by atoms with Crippen LogP contribution in [-0.4, -0.2) is 26.2 Å². The van der Waals surface area contributed by atoms with Crippen LogP contribution in [0.3, 0.4) is 0 Å². The van der Waals surface area contributed by atoms with E-state index in [2.05, 4.69) is 15.5 Å². The molecule has 1 N–H and O–H groups in total. The fourth-order valence-corrected chi connectivity index (χ4v) is 1.68. The Morgan fingerprint density at radius 1 is 1.33 bits per heavy atom. The molecule has 0 fully saturated rings. The van der Waals surface area contributed by atoms with Gasteiger partial charge in [0.15, 0.2) is 0 Å². The summed E-state index contributed by atoms with van der Waals surface area (Å²) in [6, 6.07) is 0. The van der Waals surface area contributed by atoms with Crippen molar-refractivity contribution < 1.29 is 4.39 Å². The van der Waals surface area contributed by atoms with Gasteiger partial charge < -0.3 is 5.32 Å². The molecule has 2 rings (SSSR count). The molecule has 0 unspecified atom stereocenters. The van der Waals surface area contributed by atoms with E-state index in [0.29, 0.717) is 13.1 Å². The Labute approximate surface area is 111 Å². The van der Waals surface area contributed by atoms with E-state index in [1.54, 1.807) is 17.1 Å². The number of halogens is 2. The van der Waals surface area contributed by atoms with Crippen molar-refractivity contribution >= 4 is 18.1 Å². The minimum Gasteiger partial charge on any atom is -0.377 e. The van der Waals surface area contributed by atoms with Crippen LogP contribution in [0, 0.1) is 6.92 Å². The second-order valence-corrected chi connectivity index (χ2v) is 3.93. The first-order chi connectivity index (χ1) is 8.20. The summed E-state index contributed by atoms with van der Waals surface area (Å²) in [4.78, 5) is 0. The zero-order valence-corrected chi connectivity index (χ0v) is 11.2. The van der Waals surface area contributed by atoms with Crippen LogP contribution in [0.2, 0.25) is 0 Å². The summed E-state index contributed by atoms with van der Waals surface area (Å²) in [5.41, 5.74) is 3.17. The van der Waals surface area contributed by atoms with Crippen molar-refractivity contribution in [2.45, 2.75) is 20.0 Å². The third-order valence-electron chi connectivity index (χ3n) is 2.68. The molecule has 0 aliphatic heterocycles.